The molecule has 6 nitrogen and oxygen atoms in total. The number of aromatic carboxylic acids is 1. The van der Waals surface area contributed by atoms with Crippen LogP contribution in [0.2, 0.25) is 0 Å². The van der Waals surface area contributed by atoms with Crippen LogP contribution >= 0.6 is 0 Å². The van der Waals surface area contributed by atoms with Gasteiger partial charge in [0.2, 0.25) is 10.0 Å². The number of carboxylic acid groups (broad SMARTS) is 1. The summed E-state index contributed by atoms with van der Waals surface area (Å²) in [6.07, 6.45) is 5.24. The highest BCUT2D eigenvalue weighted by molar-refractivity contribution is 7.89. The van der Waals surface area contributed by atoms with Gasteiger partial charge in [0.05, 0.1) is 17.0 Å². The average molecular weight is 308 g/mol. The van der Waals surface area contributed by atoms with Gasteiger partial charge in [-0.1, -0.05) is 18.1 Å². The quantitative estimate of drug-likeness (QED) is 0.811. The average Bonchev–Trinajstić information content (AvgIpc) is 2.48. The van der Waals surface area contributed by atoms with Gasteiger partial charge in [-0.2, -0.15) is 4.31 Å². The standard InChI is InChI=1S/C14H16N2O4S/c1-2-7-15-8-10-16(11-9-15)21(19,20)13-6-4-3-5-12(13)14(17)18/h1,3-6H,7-11H2,(H,17,18). The Hall–Kier alpha value is -1.88. The Morgan fingerprint density at radius 3 is 2.43 bits per heavy atom. The molecule has 1 heterocycles. The van der Waals surface area contributed by atoms with Crippen molar-refractivity contribution >= 4 is 16.0 Å². The van der Waals surface area contributed by atoms with E-state index in [4.69, 9.17) is 11.5 Å². The number of benzene rings is 1. The second kappa shape index (κ2) is 6.26. The van der Waals surface area contributed by atoms with Gasteiger partial charge in [-0.05, 0) is 12.1 Å². The van der Waals surface area contributed by atoms with Gasteiger partial charge in [0.1, 0.15) is 0 Å². The van der Waals surface area contributed by atoms with Crippen molar-refractivity contribution < 1.29 is 18.3 Å². The van der Waals surface area contributed by atoms with E-state index in [2.05, 4.69) is 5.92 Å². The van der Waals surface area contributed by atoms with E-state index in [1.54, 1.807) is 0 Å². The van der Waals surface area contributed by atoms with Gasteiger partial charge in [-0.3, -0.25) is 4.90 Å². The van der Waals surface area contributed by atoms with Gasteiger partial charge >= 0.3 is 5.97 Å². The molecule has 0 aliphatic carbocycles. The van der Waals surface area contributed by atoms with Crippen molar-refractivity contribution in [3.05, 3.63) is 29.8 Å². The van der Waals surface area contributed by atoms with E-state index >= 15 is 0 Å². The lowest BCUT2D eigenvalue weighted by Gasteiger charge is -2.33. The molecule has 0 saturated carbocycles. The first-order valence-electron chi connectivity index (χ1n) is 6.45. The summed E-state index contributed by atoms with van der Waals surface area (Å²) in [5.41, 5.74) is -0.205. The molecule has 0 spiro atoms. The van der Waals surface area contributed by atoms with Crippen LogP contribution in [0.3, 0.4) is 0 Å². The van der Waals surface area contributed by atoms with E-state index < -0.39 is 16.0 Å². The fourth-order valence-electron chi connectivity index (χ4n) is 2.26. The normalized spacial score (nSPS) is 17.3. The highest BCUT2D eigenvalue weighted by Crippen LogP contribution is 2.21. The molecule has 1 aromatic rings. The van der Waals surface area contributed by atoms with E-state index in [1.807, 2.05) is 4.90 Å². The SMILES string of the molecule is C#CCN1CCN(S(=O)(=O)c2ccccc2C(=O)O)CC1. The predicted molar refractivity (Wildman–Crippen MR) is 77.4 cm³/mol. The number of terminal acetylenes is 1. The first kappa shape index (κ1) is 15.5. The fraction of sp³-hybridized carbons (Fsp3) is 0.357. The maximum absolute atomic E-state index is 12.6. The summed E-state index contributed by atoms with van der Waals surface area (Å²) in [5.74, 6) is 1.28. The van der Waals surface area contributed by atoms with Crippen molar-refractivity contribution in [2.45, 2.75) is 4.90 Å². The number of hydrogen-bond acceptors (Lipinski definition) is 4. The topological polar surface area (TPSA) is 77.9 Å². The Morgan fingerprint density at radius 1 is 1.24 bits per heavy atom. The van der Waals surface area contributed by atoms with Crippen LogP contribution in [0.25, 0.3) is 0 Å². The summed E-state index contributed by atoms with van der Waals surface area (Å²) in [6, 6.07) is 5.65. The van der Waals surface area contributed by atoms with Crippen molar-refractivity contribution in [1.82, 2.24) is 9.21 Å². The number of carbonyl (C=O) groups is 1. The smallest absolute Gasteiger partial charge is 0.337 e. The second-order valence-corrected chi connectivity index (χ2v) is 6.59. The molecule has 7 heteroatoms. The number of sulfonamides is 1. The molecule has 0 amide bonds. The lowest BCUT2D eigenvalue weighted by atomic mass is 10.2. The highest BCUT2D eigenvalue weighted by atomic mass is 32.2. The number of rotatable bonds is 4. The summed E-state index contributed by atoms with van der Waals surface area (Å²) in [5, 5.41) is 9.13. The van der Waals surface area contributed by atoms with Crippen LogP contribution in [0.1, 0.15) is 10.4 Å². The van der Waals surface area contributed by atoms with Crippen LogP contribution in [0, 0.1) is 12.3 Å². The maximum atomic E-state index is 12.6. The third-order valence-electron chi connectivity index (χ3n) is 3.38. The minimum atomic E-state index is -3.80. The van der Waals surface area contributed by atoms with Gasteiger partial charge in [-0.25, -0.2) is 13.2 Å². The molecule has 21 heavy (non-hydrogen) atoms. The number of nitrogens with zero attached hydrogens (tertiary/aromatic N) is 2. The molecule has 1 aromatic carbocycles. The van der Waals surface area contributed by atoms with Crippen molar-refractivity contribution in [1.29, 1.82) is 0 Å². The summed E-state index contributed by atoms with van der Waals surface area (Å²) in [7, 11) is -3.80. The molecule has 112 valence electrons. The first-order chi connectivity index (χ1) is 9.96. The molecular weight excluding hydrogens is 292 g/mol. The first-order valence-corrected chi connectivity index (χ1v) is 7.89. The minimum Gasteiger partial charge on any atom is -0.478 e. The second-order valence-electron chi connectivity index (χ2n) is 4.69. The number of hydrogen-bond donors (Lipinski definition) is 1. The molecule has 1 N–H and O–H groups in total. The molecular formula is C14H16N2O4S. The molecule has 0 radical (unpaired) electrons. The fourth-order valence-corrected chi connectivity index (χ4v) is 3.87. The third-order valence-corrected chi connectivity index (χ3v) is 5.34. The minimum absolute atomic E-state index is 0.164. The van der Waals surface area contributed by atoms with Gasteiger partial charge in [-0.15, -0.1) is 6.42 Å². The van der Waals surface area contributed by atoms with Gasteiger partial charge in [0.25, 0.3) is 0 Å². The lowest BCUT2D eigenvalue weighted by molar-refractivity contribution is 0.0692. The number of carboxylic acids is 1. The molecule has 1 fully saturated rings. The van der Waals surface area contributed by atoms with Crippen molar-refractivity contribution in [2.75, 3.05) is 32.7 Å². The largest absolute Gasteiger partial charge is 0.478 e. The van der Waals surface area contributed by atoms with E-state index in [0.717, 1.165) is 0 Å². The van der Waals surface area contributed by atoms with Crippen LogP contribution in [-0.2, 0) is 10.0 Å². The Labute approximate surface area is 124 Å². The van der Waals surface area contributed by atoms with E-state index in [0.29, 0.717) is 32.7 Å². The molecule has 0 atom stereocenters. The Morgan fingerprint density at radius 2 is 1.86 bits per heavy atom. The molecule has 0 unspecified atom stereocenters. The zero-order chi connectivity index (χ0) is 15.5. The monoisotopic (exact) mass is 308 g/mol. The Bertz CT molecular complexity index is 670. The highest BCUT2D eigenvalue weighted by Gasteiger charge is 2.31. The molecule has 2 rings (SSSR count). The van der Waals surface area contributed by atoms with Crippen LogP contribution in [0.5, 0.6) is 0 Å². The zero-order valence-electron chi connectivity index (χ0n) is 11.4. The maximum Gasteiger partial charge on any atom is 0.337 e. The van der Waals surface area contributed by atoms with E-state index in [-0.39, 0.29) is 10.5 Å². The van der Waals surface area contributed by atoms with Crippen LogP contribution in [0.4, 0.5) is 0 Å². The van der Waals surface area contributed by atoms with Gasteiger partial charge in [0.15, 0.2) is 0 Å². The van der Waals surface area contributed by atoms with Crippen LogP contribution < -0.4 is 0 Å². The molecule has 1 aliphatic heterocycles. The molecule has 1 aliphatic rings. The lowest BCUT2D eigenvalue weighted by Crippen LogP contribution is -2.48. The summed E-state index contributed by atoms with van der Waals surface area (Å²) < 4.78 is 26.5. The Balaban J connectivity index is 2.25. The van der Waals surface area contributed by atoms with E-state index in [1.165, 1.54) is 28.6 Å². The van der Waals surface area contributed by atoms with Crippen molar-refractivity contribution in [3.8, 4) is 12.3 Å². The predicted octanol–water partition coefficient (Wildman–Crippen LogP) is 0.324. The third kappa shape index (κ3) is 3.24. The summed E-state index contributed by atoms with van der Waals surface area (Å²) in [4.78, 5) is 13.0. The van der Waals surface area contributed by atoms with Gasteiger partial charge < -0.3 is 5.11 Å². The summed E-state index contributed by atoms with van der Waals surface area (Å²) in [6.45, 7) is 2.17. The summed E-state index contributed by atoms with van der Waals surface area (Å²) >= 11 is 0. The zero-order valence-corrected chi connectivity index (χ0v) is 12.2. The number of piperazine rings is 1. The van der Waals surface area contributed by atoms with Gasteiger partial charge in [0, 0.05) is 26.2 Å². The van der Waals surface area contributed by atoms with E-state index in [9.17, 15) is 13.2 Å². The van der Waals surface area contributed by atoms with Crippen molar-refractivity contribution in [3.63, 3.8) is 0 Å². The van der Waals surface area contributed by atoms with Crippen LogP contribution in [0.15, 0.2) is 29.2 Å². The Kier molecular flexibility index (Phi) is 4.63. The van der Waals surface area contributed by atoms with Crippen LogP contribution in [-0.4, -0.2) is 61.4 Å². The molecule has 1 saturated heterocycles. The van der Waals surface area contributed by atoms with Crippen molar-refractivity contribution in [2.24, 2.45) is 0 Å². The molecule has 0 aromatic heterocycles. The molecule has 0 bridgehead atoms.